The van der Waals surface area contributed by atoms with Crippen LogP contribution in [0, 0.1) is 10.1 Å². The van der Waals surface area contributed by atoms with E-state index in [1.165, 1.54) is 17.4 Å². The molecule has 0 N–H and O–H groups in total. The molecule has 0 aliphatic rings. The van der Waals surface area contributed by atoms with E-state index in [1.807, 2.05) is 40.3 Å². The molecule has 0 fully saturated rings. The average Bonchev–Trinajstić information content (AvgIpc) is 3.11. The largest absolute Gasteiger partial charge is 1.00 e. The highest BCUT2D eigenvalue weighted by atomic mass is 79.9. The fraction of sp³-hybridized carbons (Fsp3) is 0.0455. The van der Waals surface area contributed by atoms with E-state index in [0.29, 0.717) is 6.54 Å². The zero-order chi connectivity index (χ0) is 19.5. The standard InChI is InChI=1S/C22H17N3O2S.BrH/c1-2-13-24-21(17-9-5-10-18(14-17)25(26)27)15-28-22(24)23-20-12-6-8-16-7-3-4-11-19(16)20;/h2-12,14-15H,1,13H2;1H/p-1. The second-order valence-corrected chi connectivity index (χ2v) is 7.06. The molecule has 0 saturated carbocycles. The molecule has 0 bridgehead atoms. The summed E-state index contributed by atoms with van der Waals surface area (Å²) in [6.07, 6.45) is 1.80. The predicted octanol–water partition coefficient (Wildman–Crippen LogP) is 2.70. The number of halogens is 1. The summed E-state index contributed by atoms with van der Waals surface area (Å²) in [5.41, 5.74) is 2.63. The molecule has 0 radical (unpaired) electrons. The molecule has 29 heavy (non-hydrogen) atoms. The number of hydrogen-bond acceptors (Lipinski definition) is 4. The van der Waals surface area contributed by atoms with E-state index in [2.05, 4.69) is 24.8 Å². The van der Waals surface area contributed by atoms with E-state index in [9.17, 15) is 10.1 Å². The molecule has 0 aliphatic heterocycles. The van der Waals surface area contributed by atoms with E-state index in [-0.39, 0.29) is 27.6 Å². The SMILES string of the molecule is C=CCn1c(-c2cccc([N+](=O)[O-])c2)csc1=Nc1cccc2ccccc12.[Br-]. The summed E-state index contributed by atoms with van der Waals surface area (Å²) < 4.78 is 2.03. The Bertz CT molecular complexity index is 1250. The summed E-state index contributed by atoms with van der Waals surface area (Å²) in [5.74, 6) is 0. The molecule has 7 heteroatoms. The molecule has 3 aromatic carbocycles. The third-order valence-electron chi connectivity index (χ3n) is 4.44. The Labute approximate surface area is 182 Å². The van der Waals surface area contributed by atoms with Crippen LogP contribution in [0.4, 0.5) is 11.4 Å². The fourth-order valence-electron chi connectivity index (χ4n) is 3.14. The molecule has 1 aromatic heterocycles. The zero-order valence-electron chi connectivity index (χ0n) is 15.4. The van der Waals surface area contributed by atoms with Gasteiger partial charge in [0.05, 0.1) is 16.3 Å². The first-order valence-corrected chi connectivity index (χ1v) is 9.62. The van der Waals surface area contributed by atoms with Gasteiger partial charge in [0.25, 0.3) is 5.69 Å². The Morgan fingerprint density at radius 3 is 2.66 bits per heavy atom. The lowest BCUT2D eigenvalue weighted by Crippen LogP contribution is -3.00. The van der Waals surface area contributed by atoms with Crippen LogP contribution in [0.15, 0.2) is 89.8 Å². The van der Waals surface area contributed by atoms with Crippen molar-refractivity contribution in [2.24, 2.45) is 4.99 Å². The molecule has 0 aliphatic carbocycles. The van der Waals surface area contributed by atoms with Gasteiger partial charge in [0.15, 0.2) is 4.80 Å². The second-order valence-electron chi connectivity index (χ2n) is 6.22. The molecule has 5 nitrogen and oxygen atoms in total. The number of thiazole rings is 1. The number of fused-ring (bicyclic) bond motifs is 1. The molecule has 4 aromatic rings. The van der Waals surface area contributed by atoms with Crippen LogP contribution < -0.4 is 21.8 Å². The Hall–Kier alpha value is -3.03. The van der Waals surface area contributed by atoms with Gasteiger partial charge in [0.2, 0.25) is 0 Å². The van der Waals surface area contributed by atoms with Crippen molar-refractivity contribution in [2.45, 2.75) is 6.54 Å². The second kappa shape index (κ2) is 8.98. The van der Waals surface area contributed by atoms with Crippen molar-refractivity contribution >= 4 is 33.5 Å². The van der Waals surface area contributed by atoms with Crippen LogP contribution in [0.5, 0.6) is 0 Å². The molecule has 0 amide bonds. The van der Waals surface area contributed by atoms with Crippen LogP contribution in [0.25, 0.3) is 22.0 Å². The number of allylic oxidation sites excluding steroid dienone is 1. The maximum Gasteiger partial charge on any atom is 0.270 e. The van der Waals surface area contributed by atoms with Crippen LogP contribution in [0.3, 0.4) is 0 Å². The van der Waals surface area contributed by atoms with E-state index < -0.39 is 0 Å². The van der Waals surface area contributed by atoms with E-state index in [0.717, 1.165) is 32.5 Å². The topological polar surface area (TPSA) is 60.4 Å². The van der Waals surface area contributed by atoms with Crippen LogP contribution in [-0.2, 0) is 6.54 Å². The molecular weight excluding hydrogens is 450 g/mol. The van der Waals surface area contributed by atoms with E-state index >= 15 is 0 Å². The maximum atomic E-state index is 11.1. The van der Waals surface area contributed by atoms with Crippen molar-refractivity contribution in [3.63, 3.8) is 0 Å². The minimum absolute atomic E-state index is 0. The van der Waals surface area contributed by atoms with Gasteiger partial charge in [0, 0.05) is 35.0 Å². The normalized spacial score (nSPS) is 11.2. The monoisotopic (exact) mass is 466 g/mol. The molecule has 4 rings (SSSR count). The van der Waals surface area contributed by atoms with Crippen LogP contribution in [0.1, 0.15) is 0 Å². The third-order valence-corrected chi connectivity index (χ3v) is 5.31. The van der Waals surface area contributed by atoms with Crippen LogP contribution >= 0.6 is 11.3 Å². The van der Waals surface area contributed by atoms with Gasteiger partial charge in [-0.15, -0.1) is 17.9 Å². The summed E-state index contributed by atoms with van der Waals surface area (Å²) in [7, 11) is 0. The van der Waals surface area contributed by atoms with Gasteiger partial charge in [-0.1, -0.05) is 54.6 Å². The molecule has 0 unspecified atom stereocenters. The summed E-state index contributed by atoms with van der Waals surface area (Å²) in [5, 5.41) is 15.3. The maximum absolute atomic E-state index is 11.1. The molecule has 0 spiro atoms. The molecule has 0 atom stereocenters. The van der Waals surface area contributed by atoms with Crippen molar-refractivity contribution in [3.8, 4) is 11.3 Å². The Morgan fingerprint density at radius 2 is 1.86 bits per heavy atom. The number of aromatic nitrogens is 1. The molecule has 1 heterocycles. The summed E-state index contributed by atoms with van der Waals surface area (Å²) in [6.45, 7) is 4.41. The molecule has 146 valence electrons. The average molecular weight is 467 g/mol. The Balaban J connectivity index is 0.00000240. The Morgan fingerprint density at radius 1 is 1.10 bits per heavy atom. The predicted molar refractivity (Wildman–Crippen MR) is 114 cm³/mol. The number of rotatable bonds is 5. The van der Waals surface area contributed by atoms with E-state index in [4.69, 9.17) is 4.99 Å². The smallest absolute Gasteiger partial charge is 0.270 e. The number of non-ortho nitro benzene ring substituents is 1. The summed E-state index contributed by atoms with van der Waals surface area (Å²) >= 11 is 1.51. The molecule has 0 saturated heterocycles. The van der Waals surface area contributed by atoms with Crippen molar-refractivity contribution in [3.05, 3.63) is 99.7 Å². The first kappa shape index (κ1) is 20.7. The van der Waals surface area contributed by atoms with Crippen molar-refractivity contribution in [2.75, 3.05) is 0 Å². The number of benzene rings is 3. The third kappa shape index (κ3) is 4.21. The van der Waals surface area contributed by atoms with Gasteiger partial charge in [-0.2, -0.15) is 0 Å². The molecular formula is C22H17BrN3O2S-. The highest BCUT2D eigenvalue weighted by Crippen LogP contribution is 2.27. The van der Waals surface area contributed by atoms with Crippen LogP contribution in [-0.4, -0.2) is 9.49 Å². The lowest BCUT2D eigenvalue weighted by atomic mass is 10.1. The summed E-state index contributed by atoms with van der Waals surface area (Å²) in [4.78, 5) is 16.5. The minimum atomic E-state index is -0.380. The zero-order valence-corrected chi connectivity index (χ0v) is 17.8. The fourth-order valence-corrected chi connectivity index (χ4v) is 4.07. The highest BCUT2D eigenvalue weighted by Gasteiger charge is 2.12. The minimum Gasteiger partial charge on any atom is -1.00 e. The quantitative estimate of drug-likeness (QED) is 0.258. The van der Waals surface area contributed by atoms with Crippen molar-refractivity contribution in [1.29, 1.82) is 0 Å². The van der Waals surface area contributed by atoms with Gasteiger partial charge in [0.1, 0.15) is 0 Å². The summed E-state index contributed by atoms with van der Waals surface area (Å²) in [6, 6.07) is 20.8. The van der Waals surface area contributed by atoms with Gasteiger partial charge in [-0.3, -0.25) is 10.1 Å². The lowest BCUT2D eigenvalue weighted by molar-refractivity contribution is -0.384. The number of nitro groups is 1. The van der Waals surface area contributed by atoms with E-state index in [1.54, 1.807) is 18.2 Å². The van der Waals surface area contributed by atoms with Gasteiger partial charge in [-0.05, 0) is 11.5 Å². The number of hydrogen-bond donors (Lipinski definition) is 0. The highest BCUT2D eigenvalue weighted by molar-refractivity contribution is 7.07. The number of nitro benzene ring substituents is 1. The Kier molecular flexibility index (Phi) is 6.41. The first-order chi connectivity index (χ1) is 13.7. The van der Waals surface area contributed by atoms with Gasteiger partial charge < -0.3 is 21.5 Å². The van der Waals surface area contributed by atoms with Crippen LogP contribution in [0.2, 0.25) is 0 Å². The lowest BCUT2D eigenvalue weighted by Gasteiger charge is -2.07. The first-order valence-electron chi connectivity index (χ1n) is 8.74. The van der Waals surface area contributed by atoms with Gasteiger partial charge >= 0.3 is 0 Å². The van der Waals surface area contributed by atoms with Gasteiger partial charge in [-0.25, -0.2) is 4.99 Å². The number of nitrogens with zero attached hydrogens (tertiary/aromatic N) is 3. The van der Waals surface area contributed by atoms with Crippen molar-refractivity contribution < 1.29 is 21.9 Å². The van der Waals surface area contributed by atoms with Crippen molar-refractivity contribution in [1.82, 2.24) is 4.57 Å².